The molecule has 2 nitrogen and oxygen atoms in total. The smallest absolute Gasteiger partial charge is 0.129 e. The molecule has 90 valence electrons. The molecule has 0 radical (unpaired) electrons. The third kappa shape index (κ3) is 3.17. The molecule has 1 aromatic rings. The van der Waals surface area contributed by atoms with E-state index in [1.54, 1.807) is 12.1 Å². The second kappa shape index (κ2) is 6.18. The van der Waals surface area contributed by atoms with Crippen molar-refractivity contribution in [2.75, 3.05) is 6.61 Å². The molecule has 0 aromatic heterocycles. The van der Waals surface area contributed by atoms with Crippen LogP contribution >= 0.6 is 11.6 Å². The van der Waals surface area contributed by atoms with Gasteiger partial charge in [0, 0.05) is 22.7 Å². The van der Waals surface area contributed by atoms with E-state index in [1.807, 2.05) is 13.8 Å². The van der Waals surface area contributed by atoms with Gasteiger partial charge >= 0.3 is 0 Å². The maximum atomic E-state index is 13.7. The predicted octanol–water partition coefficient (Wildman–Crippen LogP) is 2.90. The Balaban J connectivity index is 2.94. The summed E-state index contributed by atoms with van der Waals surface area (Å²) < 4.78 is 13.7. The largest absolute Gasteiger partial charge is 0.395 e. The van der Waals surface area contributed by atoms with E-state index in [9.17, 15) is 4.39 Å². The first kappa shape index (κ1) is 13.4. The van der Waals surface area contributed by atoms with Crippen LogP contribution in [-0.2, 0) is 0 Å². The van der Waals surface area contributed by atoms with Crippen LogP contribution in [0.1, 0.15) is 31.9 Å². The Hall–Kier alpha value is -0.640. The number of hydrogen-bond donors (Lipinski definition) is 2. The molecule has 1 unspecified atom stereocenters. The summed E-state index contributed by atoms with van der Waals surface area (Å²) in [5, 5.41) is 12.5. The van der Waals surface area contributed by atoms with Gasteiger partial charge in [0.1, 0.15) is 5.82 Å². The fourth-order valence-corrected chi connectivity index (χ4v) is 1.94. The number of aliphatic hydroxyl groups excluding tert-OH is 1. The summed E-state index contributed by atoms with van der Waals surface area (Å²) in [5.41, 5.74) is 0.479. The Morgan fingerprint density at radius 3 is 2.69 bits per heavy atom. The molecule has 0 saturated carbocycles. The number of nitrogens with one attached hydrogen (secondary N) is 1. The van der Waals surface area contributed by atoms with Crippen molar-refractivity contribution in [1.29, 1.82) is 0 Å². The number of rotatable bonds is 5. The Morgan fingerprint density at radius 1 is 1.50 bits per heavy atom. The Morgan fingerprint density at radius 2 is 2.19 bits per heavy atom. The maximum absolute atomic E-state index is 13.7. The molecule has 1 aromatic carbocycles. The summed E-state index contributed by atoms with van der Waals surface area (Å²) in [5.74, 6) is -0.308. The minimum absolute atomic E-state index is 0.0164. The lowest BCUT2D eigenvalue weighted by Crippen LogP contribution is -2.33. The first-order valence-electron chi connectivity index (χ1n) is 5.41. The van der Waals surface area contributed by atoms with E-state index in [0.29, 0.717) is 17.0 Å². The van der Waals surface area contributed by atoms with Crippen molar-refractivity contribution in [2.24, 2.45) is 0 Å². The van der Waals surface area contributed by atoms with Gasteiger partial charge in [0.2, 0.25) is 0 Å². The highest BCUT2D eigenvalue weighted by Gasteiger charge is 2.18. The molecular weight excluding hydrogens is 229 g/mol. The summed E-state index contributed by atoms with van der Waals surface area (Å²) in [4.78, 5) is 0. The minimum Gasteiger partial charge on any atom is -0.395 e. The van der Waals surface area contributed by atoms with Gasteiger partial charge in [-0.05, 0) is 25.5 Å². The van der Waals surface area contributed by atoms with Crippen LogP contribution in [0.4, 0.5) is 4.39 Å². The molecule has 0 spiro atoms. The standard InChI is InChI=1S/C12H17ClFNO/c1-3-11(15-8(2)7-16)12-9(13)5-4-6-10(12)14/h4-6,8,11,15-16H,3,7H2,1-2H3/t8-,11?/m1/s1. The van der Waals surface area contributed by atoms with Crippen LogP contribution < -0.4 is 5.32 Å². The average molecular weight is 246 g/mol. The van der Waals surface area contributed by atoms with Crippen LogP contribution in [0.3, 0.4) is 0 Å². The van der Waals surface area contributed by atoms with Crippen LogP contribution in [0.15, 0.2) is 18.2 Å². The molecule has 0 aliphatic rings. The van der Waals surface area contributed by atoms with E-state index in [1.165, 1.54) is 6.07 Å². The summed E-state index contributed by atoms with van der Waals surface area (Å²) in [6, 6.07) is 4.41. The van der Waals surface area contributed by atoms with Gasteiger partial charge in [-0.2, -0.15) is 0 Å². The van der Waals surface area contributed by atoms with Crippen LogP contribution in [-0.4, -0.2) is 17.8 Å². The molecule has 0 heterocycles. The second-order valence-corrected chi connectivity index (χ2v) is 4.25. The lowest BCUT2D eigenvalue weighted by atomic mass is 10.0. The highest BCUT2D eigenvalue weighted by atomic mass is 35.5. The zero-order chi connectivity index (χ0) is 12.1. The van der Waals surface area contributed by atoms with Crippen molar-refractivity contribution in [3.8, 4) is 0 Å². The van der Waals surface area contributed by atoms with Gasteiger partial charge in [0.05, 0.1) is 6.61 Å². The van der Waals surface area contributed by atoms with Gasteiger partial charge in [-0.15, -0.1) is 0 Å². The fourth-order valence-electron chi connectivity index (χ4n) is 1.65. The second-order valence-electron chi connectivity index (χ2n) is 3.85. The van der Waals surface area contributed by atoms with Crippen molar-refractivity contribution in [3.63, 3.8) is 0 Å². The first-order valence-corrected chi connectivity index (χ1v) is 5.78. The van der Waals surface area contributed by atoms with Gasteiger partial charge in [0.15, 0.2) is 0 Å². The van der Waals surface area contributed by atoms with Gasteiger partial charge < -0.3 is 10.4 Å². The normalized spacial score (nSPS) is 14.8. The van der Waals surface area contributed by atoms with Crippen LogP contribution in [0.5, 0.6) is 0 Å². The topological polar surface area (TPSA) is 32.3 Å². The van der Waals surface area contributed by atoms with Gasteiger partial charge in [-0.25, -0.2) is 4.39 Å². The van der Waals surface area contributed by atoms with Crippen LogP contribution in [0.2, 0.25) is 5.02 Å². The Bertz CT molecular complexity index is 326. The highest BCUT2D eigenvalue weighted by molar-refractivity contribution is 6.31. The van der Waals surface area contributed by atoms with Crippen molar-refractivity contribution in [2.45, 2.75) is 32.4 Å². The van der Waals surface area contributed by atoms with E-state index >= 15 is 0 Å². The number of aliphatic hydroxyl groups is 1. The predicted molar refractivity (Wildman–Crippen MR) is 64.1 cm³/mol. The van der Waals surface area contributed by atoms with Gasteiger partial charge in [-0.1, -0.05) is 24.6 Å². The number of hydrogen-bond acceptors (Lipinski definition) is 2. The third-order valence-corrected chi connectivity index (χ3v) is 2.85. The summed E-state index contributed by atoms with van der Waals surface area (Å²) >= 11 is 5.99. The summed E-state index contributed by atoms with van der Waals surface area (Å²) in [6.07, 6.45) is 0.713. The fraction of sp³-hybridized carbons (Fsp3) is 0.500. The SMILES string of the molecule is CCC(N[C@H](C)CO)c1c(F)cccc1Cl. The van der Waals surface area contributed by atoms with Gasteiger partial charge in [-0.3, -0.25) is 0 Å². The lowest BCUT2D eigenvalue weighted by molar-refractivity contribution is 0.238. The molecule has 16 heavy (non-hydrogen) atoms. The van der Waals surface area contributed by atoms with Crippen molar-refractivity contribution < 1.29 is 9.50 Å². The van der Waals surface area contributed by atoms with Crippen molar-refractivity contribution in [1.82, 2.24) is 5.32 Å². The van der Waals surface area contributed by atoms with Crippen LogP contribution in [0.25, 0.3) is 0 Å². The third-order valence-electron chi connectivity index (χ3n) is 2.52. The highest BCUT2D eigenvalue weighted by Crippen LogP contribution is 2.28. The summed E-state index contributed by atoms with van der Waals surface area (Å²) in [6.45, 7) is 3.81. The molecule has 0 aliphatic heterocycles. The maximum Gasteiger partial charge on any atom is 0.129 e. The van der Waals surface area contributed by atoms with Crippen molar-refractivity contribution in [3.05, 3.63) is 34.6 Å². The zero-order valence-corrected chi connectivity index (χ0v) is 10.3. The molecule has 1 rings (SSSR count). The molecule has 0 aliphatic carbocycles. The zero-order valence-electron chi connectivity index (χ0n) is 9.50. The minimum atomic E-state index is -0.308. The quantitative estimate of drug-likeness (QED) is 0.836. The molecule has 0 bridgehead atoms. The van der Waals surface area contributed by atoms with Gasteiger partial charge in [0.25, 0.3) is 0 Å². The molecule has 2 atom stereocenters. The Kier molecular flexibility index (Phi) is 5.19. The lowest BCUT2D eigenvalue weighted by Gasteiger charge is -2.22. The average Bonchev–Trinajstić information content (AvgIpc) is 2.27. The number of benzene rings is 1. The first-order chi connectivity index (χ1) is 7.60. The molecule has 0 fully saturated rings. The Labute approximate surface area is 100 Å². The molecule has 2 N–H and O–H groups in total. The molecule has 0 saturated heterocycles. The summed E-state index contributed by atoms with van der Waals surface area (Å²) in [7, 11) is 0. The number of halogens is 2. The van der Waals surface area contributed by atoms with Crippen LogP contribution in [0, 0.1) is 5.82 Å². The van der Waals surface area contributed by atoms with E-state index in [-0.39, 0.29) is 24.5 Å². The monoisotopic (exact) mass is 245 g/mol. The van der Waals surface area contributed by atoms with E-state index in [2.05, 4.69) is 5.32 Å². The molecule has 0 amide bonds. The van der Waals surface area contributed by atoms with E-state index in [0.717, 1.165) is 0 Å². The molecule has 4 heteroatoms. The van der Waals surface area contributed by atoms with E-state index < -0.39 is 0 Å². The molecular formula is C12H17ClFNO. The van der Waals surface area contributed by atoms with Crippen molar-refractivity contribution >= 4 is 11.6 Å². The van der Waals surface area contributed by atoms with E-state index in [4.69, 9.17) is 16.7 Å².